The summed E-state index contributed by atoms with van der Waals surface area (Å²) >= 11 is 0. The van der Waals surface area contributed by atoms with Gasteiger partial charge >= 0.3 is 5.97 Å². The van der Waals surface area contributed by atoms with Crippen LogP contribution in [0.1, 0.15) is 15.9 Å². The summed E-state index contributed by atoms with van der Waals surface area (Å²) in [6, 6.07) is 7.47. The summed E-state index contributed by atoms with van der Waals surface area (Å²) in [4.78, 5) is 33.9. The van der Waals surface area contributed by atoms with Crippen molar-refractivity contribution in [1.82, 2.24) is 0 Å². The van der Waals surface area contributed by atoms with Gasteiger partial charge in [0, 0.05) is 6.07 Å². The molecule has 0 unspecified atom stereocenters. The van der Waals surface area contributed by atoms with Crippen molar-refractivity contribution in [3.63, 3.8) is 0 Å². The maximum Gasteiger partial charge on any atom is 0.338 e. The van der Waals surface area contributed by atoms with Gasteiger partial charge in [0.15, 0.2) is 6.61 Å². The molecule has 0 aromatic heterocycles. The Labute approximate surface area is 147 Å². The molecule has 0 atom stereocenters. The Kier molecular flexibility index (Phi) is 5.84. The van der Waals surface area contributed by atoms with Gasteiger partial charge in [-0.3, -0.25) is 14.9 Å². The number of anilines is 1. The van der Waals surface area contributed by atoms with Gasteiger partial charge in [-0.2, -0.15) is 0 Å². The summed E-state index contributed by atoms with van der Waals surface area (Å²) in [6.07, 6.45) is 0. The lowest BCUT2D eigenvalue weighted by Crippen LogP contribution is -2.21. The van der Waals surface area contributed by atoms with E-state index >= 15 is 0 Å². The van der Waals surface area contributed by atoms with Crippen LogP contribution in [0.5, 0.6) is 5.75 Å². The molecule has 0 aliphatic rings. The van der Waals surface area contributed by atoms with Gasteiger partial charge in [0.1, 0.15) is 11.6 Å². The van der Waals surface area contributed by atoms with Crippen LogP contribution < -0.4 is 10.1 Å². The van der Waals surface area contributed by atoms with Crippen LogP contribution in [0, 0.1) is 22.9 Å². The van der Waals surface area contributed by atoms with Gasteiger partial charge in [-0.25, -0.2) is 9.18 Å². The zero-order valence-electron chi connectivity index (χ0n) is 13.9. The Morgan fingerprint density at radius 3 is 2.58 bits per heavy atom. The summed E-state index contributed by atoms with van der Waals surface area (Å²) in [5, 5.41) is 13.2. The van der Waals surface area contributed by atoms with Crippen molar-refractivity contribution in [3.05, 3.63) is 63.5 Å². The molecule has 0 spiro atoms. The minimum Gasteiger partial charge on any atom is -0.494 e. The minimum atomic E-state index is -0.852. The van der Waals surface area contributed by atoms with E-state index in [1.54, 1.807) is 6.92 Å². The SMILES string of the molecule is COc1cc([N+](=O)[O-])ccc1NC(=O)COC(=O)c1ccc(C)c(F)c1. The summed E-state index contributed by atoms with van der Waals surface area (Å²) in [6.45, 7) is 0.934. The van der Waals surface area contributed by atoms with Crippen LogP contribution >= 0.6 is 0 Å². The molecule has 0 fully saturated rings. The number of non-ortho nitro benzene ring substituents is 1. The first-order valence-electron chi connectivity index (χ1n) is 7.37. The summed E-state index contributed by atoms with van der Waals surface area (Å²) < 4.78 is 23.3. The molecule has 0 radical (unpaired) electrons. The van der Waals surface area contributed by atoms with Crippen LogP contribution in [0.2, 0.25) is 0 Å². The van der Waals surface area contributed by atoms with Gasteiger partial charge in [-0.05, 0) is 30.7 Å². The second-order valence-electron chi connectivity index (χ2n) is 5.23. The van der Waals surface area contributed by atoms with Gasteiger partial charge in [0.25, 0.3) is 11.6 Å². The molecule has 1 N–H and O–H groups in total. The topological polar surface area (TPSA) is 108 Å². The number of carbonyl (C=O) groups excluding carboxylic acids is 2. The molecular formula is C17H15FN2O6. The number of carbonyl (C=O) groups is 2. The Morgan fingerprint density at radius 2 is 1.96 bits per heavy atom. The average Bonchev–Trinajstić information content (AvgIpc) is 2.62. The third-order valence-corrected chi connectivity index (χ3v) is 3.41. The Hall–Kier alpha value is -3.49. The number of nitro groups is 1. The predicted molar refractivity (Wildman–Crippen MR) is 89.7 cm³/mol. The van der Waals surface area contributed by atoms with E-state index in [4.69, 9.17) is 9.47 Å². The number of methoxy groups -OCH3 is 1. The second kappa shape index (κ2) is 8.06. The van der Waals surface area contributed by atoms with Crippen LogP contribution in [0.15, 0.2) is 36.4 Å². The number of nitro benzene ring substituents is 1. The van der Waals surface area contributed by atoms with Crippen LogP contribution in [0.3, 0.4) is 0 Å². The zero-order valence-corrected chi connectivity index (χ0v) is 13.9. The van der Waals surface area contributed by atoms with Crippen molar-refractivity contribution >= 4 is 23.3 Å². The van der Waals surface area contributed by atoms with Crippen LogP contribution in [0.4, 0.5) is 15.8 Å². The van der Waals surface area contributed by atoms with Gasteiger partial charge in [0.05, 0.1) is 29.4 Å². The maximum atomic E-state index is 13.4. The standard InChI is InChI=1S/C17H15FN2O6/c1-10-3-4-11(7-13(10)18)17(22)26-9-16(21)19-14-6-5-12(20(23)24)8-15(14)25-2/h3-8H,9H2,1-2H3,(H,19,21). The number of ether oxygens (including phenoxy) is 2. The Balaban J connectivity index is 1.99. The highest BCUT2D eigenvalue weighted by molar-refractivity contribution is 5.96. The lowest BCUT2D eigenvalue weighted by molar-refractivity contribution is -0.384. The fourth-order valence-electron chi connectivity index (χ4n) is 2.02. The summed E-state index contributed by atoms with van der Waals surface area (Å²) in [7, 11) is 1.29. The molecule has 0 heterocycles. The first kappa shape index (κ1) is 18.8. The van der Waals surface area contributed by atoms with E-state index in [1.807, 2.05) is 0 Å². The Bertz CT molecular complexity index is 868. The van der Waals surface area contributed by atoms with Gasteiger partial charge in [-0.1, -0.05) is 6.07 Å². The van der Waals surface area contributed by atoms with E-state index in [-0.39, 0.29) is 22.7 Å². The molecule has 0 aliphatic carbocycles. The third-order valence-electron chi connectivity index (χ3n) is 3.41. The van der Waals surface area contributed by atoms with Gasteiger partial charge in [0.2, 0.25) is 0 Å². The molecule has 26 heavy (non-hydrogen) atoms. The number of nitrogens with one attached hydrogen (secondary N) is 1. The van der Waals surface area contributed by atoms with Crippen molar-refractivity contribution < 1.29 is 28.4 Å². The van der Waals surface area contributed by atoms with Crippen LogP contribution in [0.25, 0.3) is 0 Å². The smallest absolute Gasteiger partial charge is 0.338 e. The molecule has 0 bridgehead atoms. The number of rotatable bonds is 6. The molecule has 2 aromatic rings. The van der Waals surface area contributed by atoms with E-state index in [9.17, 15) is 24.1 Å². The molecule has 0 aliphatic heterocycles. The Morgan fingerprint density at radius 1 is 1.23 bits per heavy atom. The molecule has 2 rings (SSSR count). The molecule has 1 amide bonds. The third kappa shape index (κ3) is 4.53. The summed E-state index contributed by atoms with van der Waals surface area (Å²) in [5.74, 6) is -2.01. The largest absolute Gasteiger partial charge is 0.494 e. The molecular weight excluding hydrogens is 347 g/mol. The molecule has 136 valence electrons. The van der Waals surface area contributed by atoms with Crippen LogP contribution in [-0.4, -0.2) is 30.5 Å². The molecule has 8 nitrogen and oxygen atoms in total. The van der Waals surface area contributed by atoms with Crippen molar-refractivity contribution in [1.29, 1.82) is 0 Å². The van der Waals surface area contributed by atoms with E-state index in [0.717, 1.165) is 12.1 Å². The van der Waals surface area contributed by atoms with E-state index < -0.39 is 29.2 Å². The van der Waals surface area contributed by atoms with Gasteiger partial charge in [-0.15, -0.1) is 0 Å². The fourth-order valence-corrected chi connectivity index (χ4v) is 2.02. The van der Waals surface area contributed by atoms with Crippen LogP contribution in [-0.2, 0) is 9.53 Å². The number of hydrogen-bond donors (Lipinski definition) is 1. The maximum absolute atomic E-state index is 13.4. The zero-order chi connectivity index (χ0) is 19.3. The first-order chi connectivity index (χ1) is 12.3. The lowest BCUT2D eigenvalue weighted by atomic mass is 10.1. The molecule has 2 aromatic carbocycles. The second-order valence-corrected chi connectivity index (χ2v) is 5.23. The number of nitrogens with zero attached hydrogens (tertiary/aromatic N) is 1. The highest BCUT2D eigenvalue weighted by Gasteiger charge is 2.15. The van der Waals surface area contributed by atoms with Crippen molar-refractivity contribution in [3.8, 4) is 5.75 Å². The number of halogens is 1. The summed E-state index contributed by atoms with van der Waals surface area (Å²) in [5.41, 5.74) is 0.339. The number of esters is 1. The fraction of sp³-hybridized carbons (Fsp3) is 0.176. The molecule has 9 heteroatoms. The number of hydrogen-bond acceptors (Lipinski definition) is 6. The monoisotopic (exact) mass is 362 g/mol. The number of aryl methyl sites for hydroxylation is 1. The van der Waals surface area contributed by atoms with E-state index in [2.05, 4.69) is 5.32 Å². The minimum absolute atomic E-state index is 0.0196. The highest BCUT2D eigenvalue weighted by Crippen LogP contribution is 2.28. The number of benzene rings is 2. The van der Waals surface area contributed by atoms with Crippen molar-refractivity contribution in [2.24, 2.45) is 0 Å². The first-order valence-corrected chi connectivity index (χ1v) is 7.37. The number of amides is 1. The predicted octanol–water partition coefficient (Wildman–Crippen LogP) is 2.85. The molecule has 0 saturated carbocycles. The van der Waals surface area contributed by atoms with Gasteiger partial charge < -0.3 is 14.8 Å². The normalized spacial score (nSPS) is 10.1. The quantitative estimate of drug-likeness (QED) is 0.481. The molecule has 0 saturated heterocycles. The van der Waals surface area contributed by atoms with E-state index in [1.165, 1.54) is 31.4 Å². The lowest BCUT2D eigenvalue weighted by Gasteiger charge is -2.10. The van der Waals surface area contributed by atoms with Crippen molar-refractivity contribution in [2.45, 2.75) is 6.92 Å². The highest BCUT2D eigenvalue weighted by atomic mass is 19.1. The average molecular weight is 362 g/mol. The van der Waals surface area contributed by atoms with Crippen molar-refractivity contribution in [2.75, 3.05) is 19.0 Å². The van der Waals surface area contributed by atoms with E-state index in [0.29, 0.717) is 5.56 Å².